The molecular formula is C8H8N4. The topological polar surface area (TPSA) is 60.5 Å². The number of benzene rings is 1. The Kier molecular flexibility index (Phi) is 2.79. The molecule has 0 amide bonds. The molecule has 0 spiro atoms. The second-order valence-corrected chi connectivity index (χ2v) is 2.10. The van der Waals surface area contributed by atoms with Crippen LogP contribution in [-0.4, -0.2) is 7.05 Å². The van der Waals surface area contributed by atoms with Gasteiger partial charge in [-0.3, -0.25) is 5.43 Å². The fourth-order valence-electron chi connectivity index (χ4n) is 0.727. The monoisotopic (exact) mass is 160 g/mol. The first-order valence-corrected chi connectivity index (χ1v) is 3.42. The van der Waals surface area contributed by atoms with Crippen molar-refractivity contribution >= 4 is 5.69 Å². The Balaban J connectivity index is 2.73. The van der Waals surface area contributed by atoms with E-state index in [1.54, 1.807) is 31.3 Å². The van der Waals surface area contributed by atoms with E-state index in [-0.39, 0.29) is 0 Å². The summed E-state index contributed by atoms with van der Waals surface area (Å²) in [6, 6.07) is 9.00. The number of rotatable bonds is 2. The van der Waals surface area contributed by atoms with Gasteiger partial charge in [0.05, 0.1) is 24.4 Å². The van der Waals surface area contributed by atoms with Crippen molar-refractivity contribution in [3.05, 3.63) is 29.8 Å². The first-order chi connectivity index (χ1) is 5.86. The molecule has 1 aromatic rings. The molecule has 0 fully saturated rings. The van der Waals surface area contributed by atoms with Crippen LogP contribution in [0.15, 0.2) is 34.6 Å². The Morgan fingerprint density at radius 3 is 2.50 bits per heavy atom. The van der Waals surface area contributed by atoms with Crippen LogP contribution in [0.1, 0.15) is 5.56 Å². The van der Waals surface area contributed by atoms with Crippen molar-refractivity contribution in [2.75, 3.05) is 12.5 Å². The van der Waals surface area contributed by atoms with E-state index in [2.05, 4.69) is 15.8 Å². The summed E-state index contributed by atoms with van der Waals surface area (Å²) in [5, 5.41) is 15.6. The highest BCUT2D eigenvalue weighted by Crippen LogP contribution is 2.08. The van der Waals surface area contributed by atoms with Crippen LogP contribution in [0.2, 0.25) is 0 Å². The number of anilines is 1. The van der Waals surface area contributed by atoms with Gasteiger partial charge in [0.1, 0.15) is 0 Å². The molecule has 4 nitrogen and oxygen atoms in total. The quantitative estimate of drug-likeness (QED) is 0.531. The summed E-state index contributed by atoms with van der Waals surface area (Å²) in [5.74, 6) is 0. The van der Waals surface area contributed by atoms with Crippen LogP contribution in [0.25, 0.3) is 0 Å². The summed E-state index contributed by atoms with van der Waals surface area (Å²) in [5.41, 5.74) is 4.15. The summed E-state index contributed by atoms with van der Waals surface area (Å²) in [6.45, 7) is 0. The maximum atomic E-state index is 8.49. The minimum atomic E-state index is 0.633. The van der Waals surface area contributed by atoms with Crippen LogP contribution >= 0.6 is 0 Å². The van der Waals surface area contributed by atoms with Gasteiger partial charge in [-0.05, 0) is 24.3 Å². The highest BCUT2D eigenvalue weighted by Gasteiger charge is 1.89. The molecule has 0 heterocycles. The van der Waals surface area contributed by atoms with E-state index in [9.17, 15) is 0 Å². The van der Waals surface area contributed by atoms with Crippen molar-refractivity contribution in [1.29, 1.82) is 5.26 Å². The molecule has 0 bridgehead atoms. The van der Waals surface area contributed by atoms with E-state index in [0.717, 1.165) is 5.69 Å². The van der Waals surface area contributed by atoms with Crippen LogP contribution in [0, 0.1) is 11.3 Å². The molecule has 1 N–H and O–H groups in total. The molecule has 0 atom stereocenters. The Labute approximate surface area is 70.5 Å². The van der Waals surface area contributed by atoms with Gasteiger partial charge in [0.15, 0.2) is 0 Å². The standard InChI is InChI=1S/C8H8N4/c1-10-12-11-8-4-2-7(6-9)3-5-8/h2-5H,1H3,(H,10,11). The molecule has 0 aliphatic carbocycles. The van der Waals surface area contributed by atoms with Gasteiger partial charge in [0.2, 0.25) is 0 Å². The van der Waals surface area contributed by atoms with Gasteiger partial charge in [0, 0.05) is 0 Å². The maximum absolute atomic E-state index is 8.49. The lowest BCUT2D eigenvalue weighted by Crippen LogP contribution is -1.85. The molecule has 0 unspecified atom stereocenters. The molecule has 0 aromatic heterocycles. The number of nitrogens with zero attached hydrogens (tertiary/aromatic N) is 3. The first kappa shape index (κ1) is 8.21. The predicted molar refractivity (Wildman–Crippen MR) is 45.6 cm³/mol. The molecule has 4 heteroatoms. The summed E-state index contributed by atoms with van der Waals surface area (Å²) >= 11 is 0. The third-order valence-electron chi connectivity index (χ3n) is 1.29. The molecule has 12 heavy (non-hydrogen) atoms. The fraction of sp³-hybridized carbons (Fsp3) is 0.125. The van der Waals surface area contributed by atoms with Crippen molar-refractivity contribution in [3.8, 4) is 6.07 Å². The minimum Gasteiger partial charge on any atom is -0.260 e. The van der Waals surface area contributed by atoms with Gasteiger partial charge in [-0.1, -0.05) is 5.22 Å². The number of nitrogens with one attached hydrogen (secondary N) is 1. The van der Waals surface area contributed by atoms with Gasteiger partial charge in [-0.2, -0.15) is 10.4 Å². The lowest BCUT2D eigenvalue weighted by Gasteiger charge is -1.96. The summed E-state index contributed by atoms with van der Waals surface area (Å²) < 4.78 is 0. The molecule has 1 rings (SSSR count). The van der Waals surface area contributed by atoms with Crippen molar-refractivity contribution in [2.45, 2.75) is 0 Å². The highest BCUT2D eigenvalue weighted by molar-refractivity contribution is 5.46. The number of hydrogen-bond donors (Lipinski definition) is 1. The largest absolute Gasteiger partial charge is 0.260 e. The smallest absolute Gasteiger partial charge is 0.0991 e. The van der Waals surface area contributed by atoms with Crippen molar-refractivity contribution < 1.29 is 0 Å². The fourth-order valence-corrected chi connectivity index (χ4v) is 0.727. The second-order valence-electron chi connectivity index (χ2n) is 2.10. The van der Waals surface area contributed by atoms with E-state index in [4.69, 9.17) is 5.26 Å². The van der Waals surface area contributed by atoms with Crippen LogP contribution in [0.3, 0.4) is 0 Å². The van der Waals surface area contributed by atoms with E-state index in [0.29, 0.717) is 5.56 Å². The van der Waals surface area contributed by atoms with E-state index in [1.807, 2.05) is 6.07 Å². The van der Waals surface area contributed by atoms with Crippen molar-refractivity contribution in [1.82, 2.24) is 0 Å². The van der Waals surface area contributed by atoms with Gasteiger partial charge in [-0.15, -0.1) is 0 Å². The highest BCUT2D eigenvalue weighted by atomic mass is 15.4. The molecular weight excluding hydrogens is 152 g/mol. The van der Waals surface area contributed by atoms with E-state index >= 15 is 0 Å². The van der Waals surface area contributed by atoms with Crippen molar-refractivity contribution in [2.24, 2.45) is 10.3 Å². The molecule has 0 saturated carbocycles. The third kappa shape index (κ3) is 2.06. The molecule has 60 valence electrons. The van der Waals surface area contributed by atoms with Crippen LogP contribution < -0.4 is 5.43 Å². The average Bonchev–Trinajstić information content (AvgIpc) is 2.15. The summed E-state index contributed by atoms with van der Waals surface area (Å²) in [6.07, 6.45) is 0. The van der Waals surface area contributed by atoms with Crippen LogP contribution in [0.5, 0.6) is 0 Å². The summed E-state index contributed by atoms with van der Waals surface area (Å²) in [7, 11) is 1.58. The van der Waals surface area contributed by atoms with Crippen molar-refractivity contribution in [3.63, 3.8) is 0 Å². The zero-order valence-electron chi connectivity index (χ0n) is 6.65. The Morgan fingerprint density at radius 2 is 2.00 bits per heavy atom. The predicted octanol–water partition coefficient (Wildman–Crippen LogP) is 1.97. The Bertz CT molecular complexity index is 307. The van der Waals surface area contributed by atoms with Gasteiger partial charge in [-0.25, -0.2) is 0 Å². The van der Waals surface area contributed by atoms with Crippen LogP contribution in [-0.2, 0) is 0 Å². The second kappa shape index (κ2) is 4.09. The number of nitriles is 1. The summed E-state index contributed by atoms with van der Waals surface area (Å²) in [4.78, 5) is 0. The van der Waals surface area contributed by atoms with E-state index < -0.39 is 0 Å². The molecule has 0 radical (unpaired) electrons. The zero-order chi connectivity index (χ0) is 8.81. The zero-order valence-corrected chi connectivity index (χ0v) is 6.65. The molecule has 0 aliphatic rings. The Hall–Kier alpha value is -1.89. The average molecular weight is 160 g/mol. The minimum absolute atomic E-state index is 0.633. The molecule has 0 saturated heterocycles. The third-order valence-corrected chi connectivity index (χ3v) is 1.29. The number of hydrogen-bond acceptors (Lipinski definition) is 3. The van der Waals surface area contributed by atoms with Gasteiger partial charge in [0.25, 0.3) is 0 Å². The normalized spacial score (nSPS) is 9.67. The SMILES string of the molecule is CN=NNc1ccc(C#N)cc1. The Morgan fingerprint density at radius 1 is 1.33 bits per heavy atom. The van der Waals surface area contributed by atoms with Gasteiger partial charge < -0.3 is 0 Å². The maximum Gasteiger partial charge on any atom is 0.0991 e. The molecule has 1 aromatic carbocycles. The van der Waals surface area contributed by atoms with Crippen LogP contribution in [0.4, 0.5) is 5.69 Å². The molecule has 0 aliphatic heterocycles. The van der Waals surface area contributed by atoms with Gasteiger partial charge >= 0.3 is 0 Å². The van der Waals surface area contributed by atoms with E-state index in [1.165, 1.54) is 0 Å². The lowest BCUT2D eigenvalue weighted by molar-refractivity contribution is 1.08. The lowest BCUT2D eigenvalue weighted by atomic mass is 10.2. The first-order valence-electron chi connectivity index (χ1n) is 3.42.